The van der Waals surface area contributed by atoms with Crippen molar-refractivity contribution in [2.45, 2.75) is 20.3 Å². The third-order valence-corrected chi connectivity index (χ3v) is 2.27. The maximum absolute atomic E-state index is 13.2. The molecule has 5 nitrogen and oxygen atoms in total. The van der Waals surface area contributed by atoms with Gasteiger partial charge in [-0.1, -0.05) is 6.92 Å². The van der Waals surface area contributed by atoms with Crippen LogP contribution in [0, 0.1) is 22.9 Å². The number of nitrogens with one attached hydrogen (secondary N) is 1. The van der Waals surface area contributed by atoms with Gasteiger partial charge < -0.3 is 5.32 Å². The summed E-state index contributed by atoms with van der Waals surface area (Å²) in [5, 5.41) is 13.1. The summed E-state index contributed by atoms with van der Waals surface area (Å²) in [5.74, 6) is -1.35. The maximum Gasteiger partial charge on any atom is 0.305 e. The summed E-state index contributed by atoms with van der Waals surface area (Å²) in [5.41, 5.74) is -0.175. The molecule has 0 unspecified atom stereocenters. The van der Waals surface area contributed by atoms with Crippen LogP contribution < -0.4 is 5.32 Å². The first-order valence-corrected chi connectivity index (χ1v) is 5.20. The molecule has 0 aliphatic rings. The van der Waals surface area contributed by atoms with Gasteiger partial charge in [0.05, 0.1) is 4.92 Å². The van der Waals surface area contributed by atoms with Gasteiger partial charge >= 0.3 is 5.69 Å². The summed E-state index contributed by atoms with van der Waals surface area (Å²) in [6.07, 6.45) is 0.758. The molecule has 92 valence electrons. The third-order valence-electron chi connectivity index (χ3n) is 2.27. The van der Waals surface area contributed by atoms with E-state index in [1.54, 1.807) is 0 Å². The predicted molar refractivity (Wildman–Crippen MR) is 60.4 cm³/mol. The number of benzene rings is 1. The van der Waals surface area contributed by atoms with E-state index in [1.165, 1.54) is 6.92 Å². The highest BCUT2D eigenvalue weighted by atomic mass is 19.1. The monoisotopic (exact) mass is 240 g/mol. The zero-order chi connectivity index (χ0) is 13.0. The van der Waals surface area contributed by atoms with Crippen molar-refractivity contribution < 1.29 is 14.1 Å². The number of amides is 1. The van der Waals surface area contributed by atoms with E-state index >= 15 is 0 Å². The van der Waals surface area contributed by atoms with Gasteiger partial charge in [0.1, 0.15) is 0 Å². The zero-order valence-electron chi connectivity index (χ0n) is 9.62. The number of nitro groups is 1. The molecule has 0 bridgehead atoms. The number of carbonyl (C=O) groups excluding carboxylic acids is 1. The Balaban J connectivity index is 3.11. The maximum atomic E-state index is 13.2. The minimum atomic E-state index is -0.931. The molecule has 6 heteroatoms. The summed E-state index contributed by atoms with van der Waals surface area (Å²) in [6.45, 7) is 3.90. The molecule has 0 atom stereocenters. The van der Waals surface area contributed by atoms with E-state index < -0.39 is 22.3 Å². The minimum Gasteiger partial charge on any atom is -0.352 e. The van der Waals surface area contributed by atoms with Crippen molar-refractivity contribution in [3.63, 3.8) is 0 Å². The number of rotatable bonds is 4. The fourth-order valence-corrected chi connectivity index (χ4v) is 1.38. The number of nitrogens with zero attached hydrogens (tertiary/aromatic N) is 1. The normalized spacial score (nSPS) is 10.1. The minimum absolute atomic E-state index is 0.131. The summed E-state index contributed by atoms with van der Waals surface area (Å²) >= 11 is 0. The van der Waals surface area contributed by atoms with Gasteiger partial charge in [0, 0.05) is 18.2 Å². The smallest absolute Gasteiger partial charge is 0.305 e. The van der Waals surface area contributed by atoms with E-state index in [9.17, 15) is 19.3 Å². The second-order valence-electron chi connectivity index (χ2n) is 3.63. The zero-order valence-corrected chi connectivity index (χ0v) is 9.62. The predicted octanol–water partition coefficient (Wildman–Crippen LogP) is 2.18. The van der Waals surface area contributed by atoms with Crippen LogP contribution in [0.4, 0.5) is 10.1 Å². The molecule has 0 radical (unpaired) electrons. The fraction of sp³-hybridized carbons (Fsp3) is 0.364. The number of aryl methyl sites for hydroxylation is 1. The molecule has 0 aliphatic heterocycles. The van der Waals surface area contributed by atoms with Gasteiger partial charge in [0.15, 0.2) is 0 Å². The number of carbonyl (C=O) groups is 1. The highest BCUT2D eigenvalue weighted by molar-refractivity contribution is 5.96. The van der Waals surface area contributed by atoms with Crippen molar-refractivity contribution in [3.8, 4) is 0 Å². The summed E-state index contributed by atoms with van der Waals surface area (Å²) < 4.78 is 13.2. The van der Waals surface area contributed by atoms with Crippen LogP contribution in [0.15, 0.2) is 12.1 Å². The number of hydrogen-bond acceptors (Lipinski definition) is 3. The number of nitro benzene ring substituents is 1. The Bertz CT molecular complexity index is 460. The van der Waals surface area contributed by atoms with Gasteiger partial charge in [-0.2, -0.15) is 4.39 Å². The van der Waals surface area contributed by atoms with Crippen molar-refractivity contribution >= 4 is 11.6 Å². The third kappa shape index (κ3) is 2.99. The van der Waals surface area contributed by atoms with Gasteiger partial charge in [0.2, 0.25) is 5.82 Å². The molecule has 1 amide bonds. The number of hydrogen-bond donors (Lipinski definition) is 1. The van der Waals surface area contributed by atoms with E-state index in [2.05, 4.69) is 5.32 Å². The fourth-order valence-electron chi connectivity index (χ4n) is 1.38. The molecule has 0 aliphatic carbocycles. The van der Waals surface area contributed by atoms with Gasteiger partial charge in [-0.15, -0.1) is 0 Å². The van der Waals surface area contributed by atoms with Crippen molar-refractivity contribution in [3.05, 3.63) is 39.2 Å². The highest BCUT2D eigenvalue weighted by Crippen LogP contribution is 2.21. The molecule has 1 N–H and O–H groups in total. The van der Waals surface area contributed by atoms with Gasteiger partial charge in [-0.05, 0) is 25.0 Å². The van der Waals surface area contributed by atoms with E-state index in [4.69, 9.17) is 0 Å². The van der Waals surface area contributed by atoms with Gasteiger partial charge in [-0.25, -0.2) is 0 Å². The Morgan fingerprint density at radius 1 is 1.53 bits per heavy atom. The van der Waals surface area contributed by atoms with Crippen molar-refractivity contribution in [1.82, 2.24) is 5.32 Å². The van der Waals surface area contributed by atoms with Crippen LogP contribution in [0.3, 0.4) is 0 Å². The summed E-state index contributed by atoms with van der Waals surface area (Å²) in [6, 6.07) is 1.97. The standard InChI is InChI=1S/C11H13FN2O3/c1-3-4-13-11(15)8-6-10(14(16)17)9(12)5-7(8)2/h5-6H,3-4H2,1-2H3,(H,13,15). The molecule has 0 fully saturated rings. The summed E-state index contributed by atoms with van der Waals surface area (Å²) in [7, 11) is 0. The van der Waals surface area contributed by atoms with E-state index in [0.717, 1.165) is 18.6 Å². The van der Waals surface area contributed by atoms with Crippen LogP contribution in [0.2, 0.25) is 0 Å². The first-order chi connectivity index (χ1) is 7.97. The molecule has 0 aromatic heterocycles. The molecule has 17 heavy (non-hydrogen) atoms. The molecule has 0 spiro atoms. The Morgan fingerprint density at radius 2 is 2.18 bits per heavy atom. The molecule has 1 aromatic carbocycles. The molecule has 1 rings (SSSR count). The van der Waals surface area contributed by atoms with E-state index in [1.807, 2.05) is 6.92 Å². The lowest BCUT2D eigenvalue weighted by molar-refractivity contribution is -0.387. The Morgan fingerprint density at radius 3 is 2.71 bits per heavy atom. The van der Waals surface area contributed by atoms with E-state index in [0.29, 0.717) is 12.1 Å². The molecule has 0 saturated carbocycles. The lowest BCUT2D eigenvalue weighted by Gasteiger charge is -2.06. The largest absolute Gasteiger partial charge is 0.352 e. The van der Waals surface area contributed by atoms with Crippen LogP contribution in [0.25, 0.3) is 0 Å². The number of halogens is 1. The van der Waals surface area contributed by atoms with Crippen LogP contribution in [0.1, 0.15) is 29.3 Å². The molecule has 1 aromatic rings. The van der Waals surface area contributed by atoms with Crippen LogP contribution in [-0.4, -0.2) is 17.4 Å². The Labute approximate surface area is 97.8 Å². The molecule has 0 heterocycles. The van der Waals surface area contributed by atoms with E-state index in [-0.39, 0.29) is 5.56 Å². The van der Waals surface area contributed by atoms with Crippen molar-refractivity contribution in [2.75, 3.05) is 6.54 Å². The second-order valence-corrected chi connectivity index (χ2v) is 3.63. The topological polar surface area (TPSA) is 72.2 Å². The van der Waals surface area contributed by atoms with Gasteiger partial charge in [-0.3, -0.25) is 14.9 Å². The lowest BCUT2D eigenvalue weighted by Crippen LogP contribution is -2.25. The first-order valence-electron chi connectivity index (χ1n) is 5.20. The van der Waals surface area contributed by atoms with Crippen molar-refractivity contribution in [1.29, 1.82) is 0 Å². The van der Waals surface area contributed by atoms with Gasteiger partial charge in [0.25, 0.3) is 5.91 Å². The summed E-state index contributed by atoms with van der Waals surface area (Å²) in [4.78, 5) is 21.4. The Kier molecular flexibility index (Phi) is 4.14. The van der Waals surface area contributed by atoms with Crippen LogP contribution in [-0.2, 0) is 0 Å². The average molecular weight is 240 g/mol. The Hall–Kier alpha value is -1.98. The van der Waals surface area contributed by atoms with Crippen LogP contribution >= 0.6 is 0 Å². The quantitative estimate of drug-likeness (QED) is 0.647. The first kappa shape index (κ1) is 13.1. The molecular weight excluding hydrogens is 227 g/mol. The lowest BCUT2D eigenvalue weighted by atomic mass is 10.1. The highest BCUT2D eigenvalue weighted by Gasteiger charge is 2.19. The molecular formula is C11H13FN2O3. The van der Waals surface area contributed by atoms with Crippen molar-refractivity contribution in [2.24, 2.45) is 0 Å². The van der Waals surface area contributed by atoms with Crippen LogP contribution in [0.5, 0.6) is 0 Å². The average Bonchev–Trinajstić information content (AvgIpc) is 2.25. The SMILES string of the molecule is CCCNC(=O)c1cc([N+](=O)[O-])c(F)cc1C. The molecule has 0 saturated heterocycles. The second kappa shape index (κ2) is 5.38.